The zero-order chi connectivity index (χ0) is 24.8. The fraction of sp³-hybridized carbons (Fsp3) is 0.370. The Morgan fingerprint density at radius 2 is 1.53 bits per heavy atom. The van der Waals surface area contributed by atoms with Crippen molar-refractivity contribution in [1.29, 1.82) is 0 Å². The summed E-state index contributed by atoms with van der Waals surface area (Å²) >= 11 is 0. The Morgan fingerprint density at radius 1 is 0.853 bits per heavy atom. The second-order valence-corrected chi connectivity index (χ2v) is 7.34. The molecule has 0 amide bonds. The lowest BCUT2D eigenvalue weighted by Crippen LogP contribution is -2.08. The van der Waals surface area contributed by atoms with Gasteiger partial charge in [-0.05, 0) is 82.3 Å². The highest BCUT2D eigenvalue weighted by atomic mass is 16.7. The maximum atomic E-state index is 12.7. The molecule has 184 valence electrons. The molecule has 7 nitrogen and oxygen atoms in total. The van der Waals surface area contributed by atoms with E-state index in [-0.39, 0.29) is 19.4 Å². The molecule has 0 heterocycles. The molecule has 2 aromatic carbocycles. The Hall–Kier alpha value is -3.29. The number of allylic oxidation sites excluding steroid dienone is 2. The van der Waals surface area contributed by atoms with E-state index < -0.39 is 0 Å². The molecule has 0 saturated carbocycles. The standard InChI is InChI=1S/C27H34O7/c1-6-30-18-33-25-15-11-22(26(29-5)27(25)34-19-31-7-2)10-14-24(28)21-8-12-23(13-9-21)32-17-16-20(3)4/h8-16H,6-7,17-19H2,1-5H3/b14-10+. The smallest absolute Gasteiger partial charge is 0.206 e. The van der Waals surface area contributed by atoms with Gasteiger partial charge >= 0.3 is 0 Å². The summed E-state index contributed by atoms with van der Waals surface area (Å²) in [5.74, 6) is 1.82. The number of rotatable bonds is 15. The van der Waals surface area contributed by atoms with Crippen LogP contribution in [0.15, 0.2) is 54.1 Å². The molecule has 0 N–H and O–H groups in total. The van der Waals surface area contributed by atoms with Gasteiger partial charge < -0.3 is 28.4 Å². The molecule has 0 radical (unpaired) electrons. The summed E-state index contributed by atoms with van der Waals surface area (Å²) in [5.41, 5.74) is 2.40. The van der Waals surface area contributed by atoms with Crippen molar-refractivity contribution in [3.05, 3.63) is 65.3 Å². The molecule has 0 fully saturated rings. The monoisotopic (exact) mass is 470 g/mol. The Labute approximate surface area is 201 Å². The zero-order valence-electron chi connectivity index (χ0n) is 20.6. The number of hydrogen-bond donors (Lipinski definition) is 0. The summed E-state index contributed by atoms with van der Waals surface area (Å²) in [6.07, 6.45) is 5.17. The van der Waals surface area contributed by atoms with Crippen molar-refractivity contribution in [2.75, 3.05) is 40.5 Å². The van der Waals surface area contributed by atoms with Crippen LogP contribution in [0.4, 0.5) is 0 Å². The second kappa shape index (κ2) is 14.8. The van der Waals surface area contributed by atoms with Gasteiger partial charge in [-0.3, -0.25) is 4.79 Å². The van der Waals surface area contributed by atoms with Gasteiger partial charge in [-0.15, -0.1) is 0 Å². The fourth-order valence-corrected chi connectivity index (χ4v) is 2.81. The number of benzene rings is 2. The maximum Gasteiger partial charge on any atom is 0.206 e. The van der Waals surface area contributed by atoms with Crippen molar-refractivity contribution in [2.45, 2.75) is 27.7 Å². The molecule has 2 rings (SSSR count). The lowest BCUT2D eigenvalue weighted by atomic mass is 10.1. The third-order valence-electron chi connectivity index (χ3n) is 4.60. The minimum absolute atomic E-state index is 0.0337. The largest absolute Gasteiger partial charge is 0.492 e. The van der Waals surface area contributed by atoms with Crippen LogP contribution in [0.5, 0.6) is 23.0 Å². The highest BCUT2D eigenvalue weighted by molar-refractivity contribution is 6.07. The van der Waals surface area contributed by atoms with E-state index >= 15 is 0 Å². The molecule has 0 spiro atoms. The van der Waals surface area contributed by atoms with Crippen molar-refractivity contribution in [1.82, 2.24) is 0 Å². The van der Waals surface area contributed by atoms with Gasteiger partial charge in [0, 0.05) is 24.3 Å². The number of ketones is 1. The number of hydrogen-bond acceptors (Lipinski definition) is 7. The first kappa shape index (κ1) is 27.0. The van der Waals surface area contributed by atoms with Gasteiger partial charge in [-0.1, -0.05) is 5.57 Å². The topological polar surface area (TPSA) is 72.5 Å². The van der Waals surface area contributed by atoms with Gasteiger partial charge in [0.05, 0.1) is 7.11 Å². The fourth-order valence-electron chi connectivity index (χ4n) is 2.81. The minimum atomic E-state index is -0.147. The third-order valence-corrected chi connectivity index (χ3v) is 4.60. The van der Waals surface area contributed by atoms with Crippen molar-refractivity contribution in [3.8, 4) is 23.0 Å². The van der Waals surface area contributed by atoms with Crippen LogP contribution in [0.2, 0.25) is 0 Å². The molecule has 34 heavy (non-hydrogen) atoms. The molecule has 0 aliphatic carbocycles. The van der Waals surface area contributed by atoms with Gasteiger partial charge in [0.2, 0.25) is 5.75 Å². The maximum absolute atomic E-state index is 12.7. The number of carbonyl (C=O) groups is 1. The Balaban J connectivity index is 2.18. The molecule has 7 heteroatoms. The number of carbonyl (C=O) groups excluding carboxylic acids is 1. The quantitative estimate of drug-likeness (QED) is 0.109. The predicted molar refractivity (Wildman–Crippen MR) is 132 cm³/mol. The Morgan fingerprint density at radius 3 is 2.15 bits per heavy atom. The molecule has 2 aromatic rings. The van der Waals surface area contributed by atoms with Crippen LogP contribution in [0.1, 0.15) is 43.6 Å². The van der Waals surface area contributed by atoms with E-state index in [1.54, 1.807) is 42.5 Å². The van der Waals surface area contributed by atoms with E-state index in [9.17, 15) is 4.79 Å². The van der Waals surface area contributed by atoms with Crippen molar-refractivity contribution in [2.24, 2.45) is 0 Å². The van der Waals surface area contributed by atoms with E-state index in [0.717, 1.165) is 0 Å². The predicted octanol–water partition coefficient (Wildman–Crippen LogP) is 5.68. The van der Waals surface area contributed by atoms with Gasteiger partial charge in [-0.2, -0.15) is 0 Å². The van der Waals surface area contributed by atoms with E-state index in [1.165, 1.54) is 18.8 Å². The number of ether oxygens (including phenoxy) is 6. The summed E-state index contributed by atoms with van der Waals surface area (Å²) in [6, 6.07) is 10.6. The van der Waals surface area contributed by atoms with Crippen LogP contribution in [0.3, 0.4) is 0 Å². The molecular weight excluding hydrogens is 436 g/mol. The van der Waals surface area contributed by atoms with Gasteiger partial charge in [0.15, 0.2) is 30.9 Å². The minimum Gasteiger partial charge on any atom is -0.492 e. The second-order valence-electron chi connectivity index (χ2n) is 7.34. The molecule has 0 bridgehead atoms. The molecule has 0 saturated heterocycles. The van der Waals surface area contributed by atoms with Crippen LogP contribution >= 0.6 is 0 Å². The lowest BCUT2D eigenvalue weighted by Gasteiger charge is -2.17. The van der Waals surface area contributed by atoms with Crippen LogP contribution in [0.25, 0.3) is 6.08 Å². The van der Waals surface area contributed by atoms with E-state index in [2.05, 4.69) is 0 Å². The van der Waals surface area contributed by atoms with E-state index in [4.69, 9.17) is 28.4 Å². The first-order valence-electron chi connectivity index (χ1n) is 11.2. The van der Waals surface area contributed by atoms with E-state index in [0.29, 0.717) is 53.9 Å². The summed E-state index contributed by atoms with van der Waals surface area (Å²) in [4.78, 5) is 12.7. The van der Waals surface area contributed by atoms with Crippen LogP contribution in [-0.4, -0.2) is 46.3 Å². The Bertz CT molecular complexity index is 958. The van der Waals surface area contributed by atoms with Crippen molar-refractivity contribution in [3.63, 3.8) is 0 Å². The third kappa shape index (κ3) is 8.57. The first-order chi connectivity index (χ1) is 16.5. The Kier molecular flexibility index (Phi) is 11.7. The summed E-state index contributed by atoms with van der Waals surface area (Å²) in [6.45, 7) is 9.42. The average molecular weight is 471 g/mol. The van der Waals surface area contributed by atoms with Gasteiger partial charge in [-0.25, -0.2) is 0 Å². The normalized spacial score (nSPS) is 10.7. The molecular formula is C27H34O7. The SMILES string of the molecule is CCOCOc1ccc(/C=C/C(=O)c2ccc(OCC=C(C)C)cc2)c(OC)c1OCOCC. The first-order valence-corrected chi connectivity index (χ1v) is 11.2. The summed E-state index contributed by atoms with van der Waals surface area (Å²) in [5, 5.41) is 0. The van der Waals surface area contributed by atoms with Crippen LogP contribution in [0, 0.1) is 0 Å². The van der Waals surface area contributed by atoms with Gasteiger partial charge in [0.25, 0.3) is 0 Å². The van der Waals surface area contributed by atoms with Crippen LogP contribution < -0.4 is 18.9 Å². The molecule has 0 aromatic heterocycles. The lowest BCUT2D eigenvalue weighted by molar-refractivity contribution is 0.00489. The molecule has 0 aliphatic rings. The molecule has 0 atom stereocenters. The van der Waals surface area contributed by atoms with Crippen molar-refractivity contribution >= 4 is 11.9 Å². The van der Waals surface area contributed by atoms with Gasteiger partial charge in [0.1, 0.15) is 12.4 Å². The summed E-state index contributed by atoms with van der Waals surface area (Å²) < 4.78 is 33.2. The van der Waals surface area contributed by atoms with Crippen LogP contribution in [-0.2, 0) is 9.47 Å². The average Bonchev–Trinajstić information content (AvgIpc) is 2.83. The zero-order valence-corrected chi connectivity index (χ0v) is 20.6. The number of methoxy groups -OCH3 is 1. The van der Waals surface area contributed by atoms with Crippen molar-refractivity contribution < 1.29 is 33.2 Å². The highest BCUT2D eigenvalue weighted by Gasteiger charge is 2.17. The molecule has 0 unspecified atom stereocenters. The highest BCUT2D eigenvalue weighted by Crippen LogP contribution is 2.41. The molecule has 0 aliphatic heterocycles. The summed E-state index contributed by atoms with van der Waals surface area (Å²) in [7, 11) is 1.53. The van der Waals surface area contributed by atoms with E-state index in [1.807, 2.05) is 33.8 Å².